The molecule has 0 saturated heterocycles. The molecule has 0 fully saturated rings. The Labute approximate surface area is 200 Å². The standard InChI is InChI=1S/C25H21N5O3S/c31-23-11-5-4-10-20(23)22-13-21(17-7-6-12-26-14-17)29-30(22)25(32)28-24-27-18(16-34-24)15-33-19-8-2-1-3-9-19/h1-12,14,16,22,31H,13,15H2,(H,27,28,32). The molecule has 0 radical (unpaired) electrons. The van der Waals surface area contributed by atoms with Gasteiger partial charge < -0.3 is 9.84 Å². The largest absolute Gasteiger partial charge is 0.508 e. The van der Waals surface area contributed by atoms with Crippen molar-refractivity contribution in [2.45, 2.75) is 19.1 Å². The van der Waals surface area contributed by atoms with Crippen LogP contribution in [0, 0.1) is 0 Å². The van der Waals surface area contributed by atoms with E-state index < -0.39 is 12.1 Å². The van der Waals surface area contributed by atoms with Crippen LogP contribution < -0.4 is 10.1 Å². The molecule has 2 N–H and O–H groups in total. The van der Waals surface area contributed by atoms with Crippen molar-refractivity contribution in [3.05, 3.63) is 101 Å². The fraction of sp³-hybridized carbons (Fsp3) is 0.120. The molecule has 34 heavy (non-hydrogen) atoms. The zero-order valence-corrected chi connectivity index (χ0v) is 18.9. The number of phenols is 1. The molecule has 4 aromatic rings. The summed E-state index contributed by atoms with van der Waals surface area (Å²) in [6.45, 7) is 0.296. The number of phenolic OH excluding ortho intramolecular Hbond substituents is 1. The summed E-state index contributed by atoms with van der Waals surface area (Å²) in [4.78, 5) is 21.8. The van der Waals surface area contributed by atoms with E-state index in [4.69, 9.17) is 4.74 Å². The summed E-state index contributed by atoms with van der Waals surface area (Å²) in [6, 6.07) is 19.3. The molecule has 1 atom stereocenters. The van der Waals surface area contributed by atoms with Gasteiger partial charge in [0, 0.05) is 35.3 Å². The van der Waals surface area contributed by atoms with Crippen LogP contribution in [0.25, 0.3) is 0 Å². The van der Waals surface area contributed by atoms with Crippen molar-refractivity contribution >= 4 is 28.2 Å². The number of carbonyl (C=O) groups excluding carboxylic acids is 1. The SMILES string of the molecule is O=C(Nc1nc(COc2ccccc2)cs1)N1N=C(c2cccnc2)CC1c1ccccc1O. The lowest BCUT2D eigenvalue weighted by molar-refractivity contribution is 0.199. The maximum atomic E-state index is 13.2. The Morgan fingerprint density at radius 3 is 2.74 bits per heavy atom. The van der Waals surface area contributed by atoms with Crippen LogP contribution in [0.5, 0.6) is 11.5 Å². The van der Waals surface area contributed by atoms with Gasteiger partial charge in [0.25, 0.3) is 0 Å². The number of rotatable bonds is 6. The van der Waals surface area contributed by atoms with E-state index in [9.17, 15) is 9.90 Å². The van der Waals surface area contributed by atoms with E-state index in [1.54, 1.807) is 30.6 Å². The number of aromatic nitrogens is 2. The summed E-state index contributed by atoms with van der Waals surface area (Å²) in [5, 5.41) is 21.5. The molecule has 2 aromatic heterocycles. The second kappa shape index (κ2) is 9.72. The quantitative estimate of drug-likeness (QED) is 0.402. The number of hydrogen-bond donors (Lipinski definition) is 2. The summed E-state index contributed by atoms with van der Waals surface area (Å²) < 4.78 is 5.73. The van der Waals surface area contributed by atoms with Crippen molar-refractivity contribution in [1.82, 2.24) is 15.0 Å². The topological polar surface area (TPSA) is 99.9 Å². The van der Waals surface area contributed by atoms with Gasteiger partial charge in [-0.2, -0.15) is 5.10 Å². The molecule has 0 spiro atoms. The highest BCUT2D eigenvalue weighted by Crippen LogP contribution is 2.37. The van der Waals surface area contributed by atoms with Crippen LogP contribution in [0.2, 0.25) is 0 Å². The molecular formula is C25H21N5O3S. The lowest BCUT2D eigenvalue weighted by Gasteiger charge is -2.22. The molecule has 1 unspecified atom stereocenters. The normalized spacial score (nSPS) is 15.1. The Bertz CT molecular complexity index is 1310. The fourth-order valence-electron chi connectivity index (χ4n) is 3.67. The predicted molar refractivity (Wildman–Crippen MR) is 130 cm³/mol. The number of thiazole rings is 1. The highest BCUT2D eigenvalue weighted by Gasteiger charge is 2.35. The Morgan fingerprint density at radius 1 is 1.12 bits per heavy atom. The number of carbonyl (C=O) groups is 1. The first-order chi connectivity index (χ1) is 16.7. The van der Waals surface area contributed by atoms with Crippen LogP contribution in [0.3, 0.4) is 0 Å². The molecule has 2 amide bonds. The molecule has 2 aromatic carbocycles. The summed E-state index contributed by atoms with van der Waals surface area (Å²) >= 11 is 1.31. The van der Waals surface area contributed by atoms with Gasteiger partial charge in [0.05, 0.1) is 17.4 Å². The number of anilines is 1. The number of para-hydroxylation sites is 2. The third-order valence-electron chi connectivity index (χ3n) is 5.30. The van der Waals surface area contributed by atoms with Crippen molar-refractivity contribution < 1.29 is 14.6 Å². The minimum Gasteiger partial charge on any atom is -0.508 e. The second-order valence-electron chi connectivity index (χ2n) is 7.59. The highest BCUT2D eigenvalue weighted by molar-refractivity contribution is 7.13. The van der Waals surface area contributed by atoms with E-state index in [1.165, 1.54) is 16.3 Å². The Balaban J connectivity index is 1.33. The Hall–Kier alpha value is -4.24. The van der Waals surface area contributed by atoms with Crippen LogP contribution in [0.4, 0.5) is 9.93 Å². The monoisotopic (exact) mass is 471 g/mol. The van der Waals surface area contributed by atoms with Gasteiger partial charge in [-0.15, -0.1) is 11.3 Å². The summed E-state index contributed by atoms with van der Waals surface area (Å²) in [7, 11) is 0. The minimum absolute atomic E-state index is 0.113. The number of aromatic hydroxyl groups is 1. The number of urea groups is 1. The molecule has 0 saturated carbocycles. The molecule has 0 bridgehead atoms. The van der Waals surface area contributed by atoms with Crippen LogP contribution in [0.15, 0.2) is 89.6 Å². The van der Waals surface area contributed by atoms with Crippen LogP contribution in [-0.2, 0) is 6.61 Å². The number of nitrogens with zero attached hydrogens (tertiary/aromatic N) is 4. The predicted octanol–water partition coefficient (Wildman–Crippen LogP) is 5.21. The average Bonchev–Trinajstić information content (AvgIpc) is 3.52. The minimum atomic E-state index is -0.461. The first-order valence-corrected chi connectivity index (χ1v) is 11.5. The van der Waals surface area contributed by atoms with E-state index in [0.717, 1.165) is 11.3 Å². The Kier molecular flexibility index (Phi) is 6.17. The van der Waals surface area contributed by atoms with Gasteiger partial charge in [-0.25, -0.2) is 14.8 Å². The first kappa shape index (κ1) is 21.6. The lowest BCUT2D eigenvalue weighted by Crippen LogP contribution is -2.31. The lowest BCUT2D eigenvalue weighted by atomic mass is 9.98. The second-order valence-corrected chi connectivity index (χ2v) is 8.45. The third kappa shape index (κ3) is 4.74. The van der Waals surface area contributed by atoms with E-state index in [1.807, 2.05) is 53.9 Å². The van der Waals surface area contributed by atoms with Crippen molar-refractivity contribution in [2.75, 3.05) is 5.32 Å². The summed E-state index contributed by atoms with van der Waals surface area (Å²) in [6.07, 6.45) is 3.85. The number of ether oxygens (including phenoxy) is 1. The Morgan fingerprint density at radius 2 is 1.94 bits per heavy atom. The van der Waals surface area contributed by atoms with Gasteiger partial charge in [-0.1, -0.05) is 42.5 Å². The number of pyridine rings is 1. The van der Waals surface area contributed by atoms with Gasteiger partial charge in [0.15, 0.2) is 5.13 Å². The number of benzene rings is 2. The highest BCUT2D eigenvalue weighted by atomic mass is 32.1. The number of hydrogen-bond acceptors (Lipinski definition) is 7. The molecule has 170 valence electrons. The van der Waals surface area contributed by atoms with Crippen LogP contribution in [-0.4, -0.2) is 31.8 Å². The number of nitrogens with one attached hydrogen (secondary N) is 1. The van der Waals surface area contributed by atoms with Gasteiger partial charge in [0.1, 0.15) is 18.1 Å². The zero-order valence-electron chi connectivity index (χ0n) is 18.0. The molecular weight excluding hydrogens is 450 g/mol. The van der Waals surface area contributed by atoms with Crippen LogP contribution >= 0.6 is 11.3 Å². The van der Waals surface area contributed by atoms with Crippen molar-refractivity contribution in [3.8, 4) is 11.5 Å². The van der Waals surface area contributed by atoms with E-state index in [-0.39, 0.29) is 5.75 Å². The van der Waals surface area contributed by atoms with Gasteiger partial charge in [-0.3, -0.25) is 10.3 Å². The molecule has 8 nitrogen and oxygen atoms in total. The molecule has 0 aliphatic carbocycles. The fourth-order valence-corrected chi connectivity index (χ4v) is 4.36. The van der Waals surface area contributed by atoms with Crippen molar-refractivity contribution in [2.24, 2.45) is 5.10 Å². The molecule has 9 heteroatoms. The first-order valence-electron chi connectivity index (χ1n) is 10.7. The van der Waals surface area contributed by atoms with Gasteiger partial charge in [-0.05, 0) is 24.3 Å². The average molecular weight is 472 g/mol. The third-order valence-corrected chi connectivity index (χ3v) is 6.11. The van der Waals surface area contributed by atoms with Crippen LogP contribution in [0.1, 0.15) is 29.3 Å². The van der Waals surface area contributed by atoms with Crippen molar-refractivity contribution in [1.29, 1.82) is 0 Å². The van der Waals surface area contributed by atoms with E-state index in [2.05, 4.69) is 20.4 Å². The zero-order chi connectivity index (χ0) is 23.3. The summed E-state index contributed by atoms with van der Waals surface area (Å²) in [5.41, 5.74) is 2.87. The van der Waals surface area contributed by atoms with Crippen molar-refractivity contribution in [3.63, 3.8) is 0 Å². The number of amides is 2. The molecule has 3 heterocycles. The summed E-state index contributed by atoms with van der Waals surface area (Å²) in [5.74, 6) is 0.864. The molecule has 1 aliphatic heterocycles. The number of hydrazone groups is 1. The van der Waals surface area contributed by atoms with E-state index in [0.29, 0.717) is 35.1 Å². The molecule has 1 aliphatic rings. The van der Waals surface area contributed by atoms with Gasteiger partial charge in [0.2, 0.25) is 0 Å². The smallest absolute Gasteiger partial charge is 0.344 e. The van der Waals surface area contributed by atoms with Gasteiger partial charge >= 0.3 is 6.03 Å². The van der Waals surface area contributed by atoms with E-state index >= 15 is 0 Å². The maximum Gasteiger partial charge on any atom is 0.344 e. The molecule has 5 rings (SSSR count). The maximum absolute atomic E-state index is 13.2.